The van der Waals surface area contributed by atoms with Crippen molar-refractivity contribution in [2.75, 3.05) is 20.8 Å². The van der Waals surface area contributed by atoms with Gasteiger partial charge in [0.2, 0.25) is 11.8 Å². The number of hydrogen-bond donors (Lipinski definition) is 2. The number of esters is 1. The Hall–Kier alpha value is -2.19. The molecule has 0 aromatic carbocycles. The summed E-state index contributed by atoms with van der Waals surface area (Å²) in [5.74, 6) is -3.47. The van der Waals surface area contributed by atoms with Crippen molar-refractivity contribution < 1.29 is 28.6 Å². The highest BCUT2D eigenvalue weighted by atomic mass is 16.5. The summed E-state index contributed by atoms with van der Waals surface area (Å²) >= 11 is 0. The van der Waals surface area contributed by atoms with Crippen LogP contribution in [0.4, 0.5) is 0 Å². The molecule has 22 heavy (non-hydrogen) atoms. The first-order chi connectivity index (χ1) is 10.5. The van der Waals surface area contributed by atoms with E-state index in [-0.39, 0.29) is 0 Å². The quantitative estimate of drug-likeness (QED) is 0.548. The number of nitrogens with zero attached hydrogens (tertiary/aromatic N) is 1. The van der Waals surface area contributed by atoms with E-state index in [0.717, 1.165) is 4.90 Å². The highest BCUT2D eigenvalue weighted by molar-refractivity contribution is 6.09. The second-order valence-corrected chi connectivity index (χ2v) is 5.54. The topological polar surface area (TPSA) is 109 Å². The van der Waals surface area contributed by atoms with Gasteiger partial charge < -0.3 is 14.3 Å². The van der Waals surface area contributed by atoms with Crippen LogP contribution in [-0.2, 0) is 19.1 Å². The number of aliphatic hydroxyl groups is 1. The lowest BCUT2D eigenvalue weighted by atomic mass is 9.80. The molecule has 0 bridgehead atoms. The van der Waals surface area contributed by atoms with Crippen molar-refractivity contribution in [3.63, 3.8) is 0 Å². The van der Waals surface area contributed by atoms with E-state index in [1.807, 2.05) is 0 Å². The van der Waals surface area contributed by atoms with Gasteiger partial charge in [-0.25, -0.2) is 4.79 Å². The molecule has 1 aromatic rings. The summed E-state index contributed by atoms with van der Waals surface area (Å²) < 4.78 is 9.78. The van der Waals surface area contributed by atoms with Crippen molar-refractivity contribution in [2.45, 2.75) is 11.6 Å². The highest BCUT2D eigenvalue weighted by Gasteiger charge is 2.68. The zero-order valence-electron chi connectivity index (χ0n) is 12.1. The van der Waals surface area contributed by atoms with E-state index in [2.05, 4.69) is 5.32 Å². The van der Waals surface area contributed by atoms with Crippen LogP contribution in [0.25, 0.3) is 0 Å². The maximum Gasteiger partial charge on any atom is 0.329 e. The molecular formula is C14H16N2O6. The second kappa shape index (κ2) is 4.92. The van der Waals surface area contributed by atoms with Crippen LogP contribution in [0, 0.1) is 11.8 Å². The third-order valence-electron chi connectivity index (χ3n) is 4.58. The van der Waals surface area contributed by atoms with Gasteiger partial charge in [0.25, 0.3) is 0 Å². The molecule has 8 nitrogen and oxygen atoms in total. The number of carbonyl (C=O) groups excluding carboxylic acids is 3. The van der Waals surface area contributed by atoms with E-state index in [1.165, 1.54) is 26.7 Å². The summed E-state index contributed by atoms with van der Waals surface area (Å²) in [5, 5.41) is 12.7. The third kappa shape index (κ3) is 1.68. The van der Waals surface area contributed by atoms with Crippen molar-refractivity contribution in [3.8, 4) is 0 Å². The molecule has 0 saturated carbocycles. The van der Waals surface area contributed by atoms with Crippen LogP contribution >= 0.6 is 0 Å². The summed E-state index contributed by atoms with van der Waals surface area (Å²) in [6.45, 7) is -0.651. The summed E-state index contributed by atoms with van der Waals surface area (Å²) in [5.41, 5.74) is -1.01. The first-order valence-corrected chi connectivity index (χ1v) is 6.78. The molecule has 4 atom stereocenters. The molecule has 0 spiro atoms. The number of aliphatic hydroxyl groups excluding tert-OH is 1. The van der Waals surface area contributed by atoms with Crippen LogP contribution < -0.4 is 5.32 Å². The third-order valence-corrected chi connectivity index (χ3v) is 4.58. The number of nitrogens with one attached hydrogen (secondary N) is 1. The van der Waals surface area contributed by atoms with Gasteiger partial charge in [0, 0.05) is 18.7 Å². The average molecular weight is 308 g/mol. The van der Waals surface area contributed by atoms with E-state index in [4.69, 9.17) is 9.15 Å². The first kappa shape index (κ1) is 14.7. The molecule has 2 saturated heterocycles. The SMILES string of the molecule is COC(=O)[C@]1(CO)N[C@H](c2ccoc2)[C@@H]2C(=O)N(C)C(=O)[C@@H]21. The van der Waals surface area contributed by atoms with E-state index in [1.54, 1.807) is 6.07 Å². The number of carbonyl (C=O) groups is 3. The standard InChI is InChI=1S/C14H16N2O6/c1-16-11(18)8-9(12(16)19)14(6-17,13(20)21-2)15-10(8)7-3-4-22-5-7/h3-5,8-10,15,17H,6H2,1-2H3/t8-,9-,10-,14-/m1/s1. The predicted octanol–water partition coefficient (Wildman–Crippen LogP) is -0.941. The minimum atomic E-state index is -1.64. The molecule has 2 amide bonds. The Morgan fingerprint density at radius 2 is 2.23 bits per heavy atom. The fourth-order valence-corrected chi connectivity index (χ4v) is 3.47. The molecule has 8 heteroatoms. The van der Waals surface area contributed by atoms with E-state index in [0.29, 0.717) is 5.56 Å². The number of ether oxygens (including phenoxy) is 1. The van der Waals surface area contributed by atoms with Gasteiger partial charge in [-0.3, -0.25) is 19.8 Å². The average Bonchev–Trinajstić information content (AvgIpc) is 3.21. The van der Waals surface area contributed by atoms with Crippen molar-refractivity contribution in [1.82, 2.24) is 10.2 Å². The second-order valence-electron chi connectivity index (χ2n) is 5.54. The lowest BCUT2D eigenvalue weighted by molar-refractivity contribution is -0.156. The van der Waals surface area contributed by atoms with Crippen molar-refractivity contribution in [2.24, 2.45) is 11.8 Å². The summed E-state index contributed by atoms with van der Waals surface area (Å²) in [7, 11) is 2.54. The Bertz CT molecular complexity index is 627. The van der Waals surface area contributed by atoms with Crippen LogP contribution in [0.3, 0.4) is 0 Å². The Balaban J connectivity index is 2.13. The number of hydrogen-bond acceptors (Lipinski definition) is 7. The minimum absolute atomic E-state index is 0.395. The summed E-state index contributed by atoms with van der Waals surface area (Å²) in [6.07, 6.45) is 2.88. The van der Waals surface area contributed by atoms with Gasteiger partial charge in [0.15, 0.2) is 5.54 Å². The van der Waals surface area contributed by atoms with Gasteiger partial charge in [0.1, 0.15) is 0 Å². The molecule has 3 rings (SSSR count). The maximum atomic E-state index is 12.4. The molecule has 2 aliphatic rings. The minimum Gasteiger partial charge on any atom is -0.472 e. The van der Waals surface area contributed by atoms with E-state index < -0.39 is 47.8 Å². The largest absolute Gasteiger partial charge is 0.472 e. The number of furan rings is 1. The number of imide groups is 1. The van der Waals surface area contributed by atoms with E-state index in [9.17, 15) is 19.5 Å². The first-order valence-electron chi connectivity index (χ1n) is 6.78. The molecule has 0 radical (unpaired) electrons. The fraction of sp³-hybridized carbons (Fsp3) is 0.500. The van der Waals surface area contributed by atoms with Crippen LogP contribution in [-0.4, -0.2) is 54.1 Å². The molecule has 0 aliphatic carbocycles. The zero-order chi connectivity index (χ0) is 16.1. The Morgan fingerprint density at radius 1 is 1.50 bits per heavy atom. The van der Waals surface area contributed by atoms with Gasteiger partial charge in [-0.2, -0.15) is 0 Å². The van der Waals surface area contributed by atoms with Crippen molar-refractivity contribution in [1.29, 1.82) is 0 Å². The molecule has 0 unspecified atom stereocenters. The molecular weight excluding hydrogens is 292 g/mol. The normalized spacial score (nSPS) is 34.1. The van der Waals surface area contributed by atoms with Gasteiger partial charge in [-0.1, -0.05) is 0 Å². The number of likely N-dealkylation sites (tertiary alicyclic amines) is 1. The number of rotatable bonds is 3. The van der Waals surface area contributed by atoms with Crippen LogP contribution in [0.2, 0.25) is 0 Å². The predicted molar refractivity (Wildman–Crippen MR) is 71.2 cm³/mol. The lowest BCUT2D eigenvalue weighted by Gasteiger charge is -2.29. The van der Waals surface area contributed by atoms with Gasteiger partial charge >= 0.3 is 5.97 Å². The Labute approximate surface area is 126 Å². The molecule has 2 N–H and O–H groups in total. The maximum absolute atomic E-state index is 12.4. The molecule has 2 aliphatic heterocycles. The Kier molecular flexibility index (Phi) is 3.30. The molecule has 2 fully saturated rings. The summed E-state index contributed by atoms with van der Waals surface area (Å²) in [4.78, 5) is 38.1. The zero-order valence-corrected chi connectivity index (χ0v) is 12.1. The number of fused-ring (bicyclic) bond motifs is 1. The highest BCUT2D eigenvalue weighted by Crippen LogP contribution is 2.48. The Morgan fingerprint density at radius 3 is 2.77 bits per heavy atom. The van der Waals surface area contributed by atoms with Gasteiger partial charge in [0.05, 0.1) is 38.1 Å². The van der Waals surface area contributed by atoms with Crippen molar-refractivity contribution in [3.05, 3.63) is 24.2 Å². The van der Waals surface area contributed by atoms with Crippen molar-refractivity contribution >= 4 is 17.8 Å². The fourth-order valence-electron chi connectivity index (χ4n) is 3.47. The summed E-state index contributed by atoms with van der Waals surface area (Å²) in [6, 6.07) is 1.03. The smallest absolute Gasteiger partial charge is 0.329 e. The van der Waals surface area contributed by atoms with Crippen LogP contribution in [0.15, 0.2) is 23.0 Å². The number of methoxy groups -OCH3 is 1. The monoisotopic (exact) mass is 308 g/mol. The van der Waals surface area contributed by atoms with Crippen LogP contribution in [0.5, 0.6) is 0 Å². The van der Waals surface area contributed by atoms with Crippen LogP contribution in [0.1, 0.15) is 11.6 Å². The number of amides is 2. The van der Waals surface area contributed by atoms with Gasteiger partial charge in [-0.15, -0.1) is 0 Å². The molecule has 118 valence electrons. The van der Waals surface area contributed by atoms with Gasteiger partial charge in [-0.05, 0) is 6.07 Å². The molecule has 1 aromatic heterocycles. The van der Waals surface area contributed by atoms with E-state index >= 15 is 0 Å². The lowest BCUT2D eigenvalue weighted by Crippen LogP contribution is -2.58. The molecule has 3 heterocycles.